The minimum atomic E-state index is -1.79. The Morgan fingerprint density at radius 3 is 2.61 bits per heavy atom. The van der Waals surface area contributed by atoms with Crippen LogP contribution >= 0.6 is 0 Å². The summed E-state index contributed by atoms with van der Waals surface area (Å²) in [4.78, 5) is 43.2. The summed E-state index contributed by atoms with van der Waals surface area (Å²) in [7, 11) is 0. The maximum Gasteiger partial charge on any atom is 0.349 e. The van der Waals surface area contributed by atoms with Crippen molar-refractivity contribution in [1.29, 1.82) is 0 Å². The molecule has 10 heteroatoms. The maximum absolute atomic E-state index is 13.7. The molecule has 0 fully saturated rings. The van der Waals surface area contributed by atoms with Gasteiger partial charge in [0, 0.05) is 18.2 Å². The van der Waals surface area contributed by atoms with E-state index in [1.807, 2.05) is 6.92 Å². The molecule has 0 bridgehead atoms. The fourth-order valence-electron chi connectivity index (χ4n) is 4.12. The Bertz CT molecular complexity index is 1380. The zero-order chi connectivity index (χ0) is 26.0. The first-order valence-electron chi connectivity index (χ1n) is 11.7. The molecule has 0 spiro atoms. The lowest BCUT2D eigenvalue weighted by molar-refractivity contribution is -0.155. The van der Waals surface area contributed by atoms with E-state index >= 15 is 0 Å². The van der Waals surface area contributed by atoms with Crippen molar-refractivity contribution in [2.24, 2.45) is 0 Å². The highest BCUT2D eigenvalue weighted by atomic mass is 19.1. The van der Waals surface area contributed by atoms with Gasteiger partial charge in [0.25, 0.3) is 5.56 Å². The van der Waals surface area contributed by atoms with E-state index in [0.29, 0.717) is 12.0 Å². The molecule has 0 amide bonds. The molecule has 1 N–H and O–H groups in total. The normalized spacial score (nSPS) is 16.4. The average Bonchev–Trinajstić information content (AvgIpc) is 2.84. The molecular formula is C26H27FN2O7. The number of carboxylic acid groups (broad SMARTS) is 1. The number of aliphatic carboxylic acids is 1. The number of nitrogens with zero attached hydrogens (tertiary/aromatic N) is 2. The Labute approximate surface area is 206 Å². The molecule has 3 heterocycles. The number of aromatic nitrogens is 2. The number of carboxylic acids is 1. The van der Waals surface area contributed by atoms with Crippen LogP contribution in [0.15, 0.2) is 35.3 Å². The number of esters is 1. The number of halogens is 1. The van der Waals surface area contributed by atoms with E-state index in [4.69, 9.17) is 14.2 Å². The van der Waals surface area contributed by atoms with Crippen LogP contribution in [0.25, 0.3) is 11.0 Å². The second kappa shape index (κ2) is 9.96. The van der Waals surface area contributed by atoms with Gasteiger partial charge in [0.2, 0.25) is 5.60 Å². The van der Waals surface area contributed by atoms with E-state index < -0.39 is 23.1 Å². The molecule has 1 aliphatic heterocycles. The largest absolute Gasteiger partial charge is 0.490 e. The summed E-state index contributed by atoms with van der Waals surface area (Å²) in [5, 5.41) is 9.93. The van der Waals surface area contributed by atoms with Crippen molar-refractivity contribution in [3.05, 3.63) is 63.3 Å². The first-order chi connectivity index (χ1) is 17.2. The van der Waals surface area contributed by atoms with Crippen molar-refractivity contribution in [2.45, 2.75) is 52.2 Å². The van der Waals surface area contributed by atoms with Gasteiger partial charge in [-0.2, -0.15) is 0 Å². The quantitative estimate of drug-likeness (QED) is 0.351. The highest BCUT2D eigenvalue weighted by Crippen LogP contribution is 2.40. The van der Waals surface area contributed by atoms with Gasteiger partial charge in [0.1, 0.15) is 16.9 Å². The predicted octanol–water partition coefficient (Wildman–Crippen LogP) is 3.72. The van der Waals surface area contributed by atoms with E-state index in [-0.39, 0.29) is 60.1 Å². The van der Waals surface area contributed by atoms with Crippen molar-refractivity contribution in [2.75, 3.05) is 13.2 Å². The Kier molecular flexibility index (Phi) is 6.96. The van der Waals surface area contributed by atoms with Crippen LogP contribution in [-0.4, -0.2) is 45.4 Å². The van der Waals surface area contributed by atoms with Gasteiger partial charge in [-0.15, -0.1) is 0 Å². The molecule has 190 valence electrons. The lowest BCUT2D eigenvalue weighted by atomic mass is 9.99. The molecule has 9 nitrogen and oxygen atoms in total. The molecule has 1 atom stereocenters. The van der Waals surface area contributed by atoms with Crippen LogP contribution in [0.4, 0.5) is 4.39 Å². The van der Waals surface area contributed by atoms with Crippen LogP contribution in [0.2, 0.25) is 0 Å². The lowest BCUT2D eigenvalue weighted by Crippen LogP contribution is -2.50. The second-order valence-electron chi connectivity index (χ2n) is 8.77. The molecule has 0 aliphatic carbocycles. The molecule has 3 aromatic rings. The second-order valence-corrected chi connectivity index (χ2v) is 8.77. The molecule has 1 aromatic carbocycles. The van der Waals surface area contributed by atoms with Gasteiger partial charge < -0.3 is 19.3 Å². The van der Waals surface area contributed by atoms with Gasteiger partial charge in [-0.25, -0.2) is 14.0 Å². The predicted molar refractivity (Wildman–Crippen MR) is 128 cm³/mol. The minimum absolute atomic E-state index is 0.0183. The van der Waals surface area contributed by atoms with Crippen LogP contribution < -0.4 is 15.0 Å². The third-order valence-corrected chi connectivity index (χ3v) is 6.02. The van der Waals surface area contributed by atoms with Crippen molar-refractivity contribution in [1.82, 2.24) is 9.55 Å². The monoisotopic (exact) mass is 498 g/mol. The summed E-state index contributed by atoms with van der Waals surface area (Å²) in [6, 6.07) is 5.83. The van der Waals surface area contributed by atoms with Crippen LogP contribution in [0, 0.1) is 5.82 Å². The number of unbranched alkanes of at least 4 members (excludes halogenated alkanes) is 1. The summed E-state index contributed by atoms with van der Waals surface area (Å²) in [5.41, 5.74) is -1.21. The SMILES string of the molecule is CCCCOc1c(C(=O)OCC)c(=O)n2c3c(c(Cc4ccc(F)cc4)cnc13)O[C@@](C)(C(=O)O)C2. The Morgan fingerprint density at radius 1 is 1.25 bits per heavy atom. The average molecular weight is 499 g/mol. The number of carbonyl (C=O) groups excluding carboxylic acids is 1. The fourth-order valence-corrected chi connectivity index (χ4v) is 4.12. The number of carbonyl (C=O) groups is 2. The standard InChI is InChI=1S/C26H27FN2O7/c1-4-6-11-35-22-18(24(31)34-5-2)23(30)29-14-26(3,25(32)33)36-21-16(13-28-19(22)20(21)29)12-15-7-9-17(27)10-8-15/h7-10,13H,4-6,11-12,14H2,1-3H3,(H,32,33)/t26-/m1/s1. The zero-order valence-corrected chi connectivity index (χ0v) is 20.3. The number of rotatable bonds is 9. The molecule has 0 radical (unpaired) electrons. The third kappa shape index (κ3) is 4.50. The highest BCUT2D eigenvalue weighted by molar-refractivity contribution is 6.00. The molecule has 0 saturated heterocycles. The summed E-state index contributed by atoms with van der Waals surface area (Å²) in [6.45, 7) is 4.87. The lowest BCUT2D eigenvalue weighted by Gasteiger charge is -2.34. The molecule has 0 saturated carbocycles. The van der Waals surface area contributed by atoms with Crippen LogP contribution in [0.1, 0.15) is 55.1 Å². The summed E-state index contributed by atoms with van der Waals surface area (Å²) in [5.74, 6) is -2.41. The van der Waals surface area contributed by atoms with Gasteiger partial charge in [-0.3, -0.25) is 14.3 Å². The van der Waals surface area contributed by atoms with E-state index in [9.17, 15) is 23.9 Å². The fraction of sp³-hybridized carbons (Fsp3) is 0.385. The van der Waals surface area contributed by atoms with Gasteiger partial charge in [0.15, 0.2) is 17.1 Å². The molecule has 4 rings (SSSR count). The van der Waals surface area contributed by atoms with Gasteiger partial charge in [0.05, 0.1) is 19.8 Å². The molecular weight excluding hydrogens is 471 g/mol. The number of benzene rings is 1. The maximum atomic E-state index is 13.7. The molecule has 36 heavy (non-hydrogen) atoms. The Hall–Kier alpha value is -3.95. The van der Waals surface area contributed by atoms with Gasteiger partial charge in [-0.1, -0.05) is 25.5 Å². The number of pyridine rings is 2. The zero-order valence-electron chi connectivity index (χ0n) is 20.3. The number of hydrogen-bond donors (Lipinski definition) is 1. The number of ether oxygens (including phenoxy) is 3. The minimum Gasteiger partial charge on any atom is -0.490 e. The first-order valence-corrected chi connectivity index (χ1v) is 11.7. The molecule has 1 aliphatic rings. The van der Waals surface area contributed by atoms with Gasteiger partial charge >= 0.3 is 11.9 Å². The van der Waals surface area contributed by atoms with Crippen molar-refractivity contribution in [3.8, 4) is 11.5 Å². The topological polar surface area (TPSA) is 117 Å². The van der Waals surface area contributed by atoms with E-state index in [2.05, 4.69) is 4.98 Å². The molecule has 2 aromatic heterocycles. The first kappa shape index (κ1) is 25.2. The van der Waals surface area contributed by atoms with Crippen LogP contribution in [0.5, 0.6) is 11.5 Å². The number of hydrogen-bond acceptors (Lipinski definition) is 7. The summed E-state index contributed by atoms with van der Waals surface area (Å²) < 4.78 is 31.7. The summed E-state index contributed by atoms with van der Waals surface area (Å²) >= 11 is 0. The highest BCUT2D eigenvalue weighted by Gasteiger charge is 2.43. The summed E-state index contributed by atoms with van der Waals surface area (Å²) in [6.07, 6.45) is 3.24. The van der Waals surface area contributed by atoms with E-state index in [1.165, 1.54) is 29.8 Å². The van der Waals surface area contributed by atoms with Crippen molar-refractivity contribution < 1.29 is 33.3 Å². The Morgan fingerprint density at radius 2 is 1.97 bits per heavy atom. The van der Waals surface area contributed by atoms with Gasteiger partial charge in [-0.05, 0) is 38.0 Å². The van der Waals surface area contributed by atoms with Crippen LogP contribution in [-0.2, 0) is 22.5 Å². The smallest absolute Gasteiger partial charge is 0.349 e. The molecule has 0 unspecified atom stereocenters. The van der Waals surface area contributed by atoms with Crippen LogP contribution in [0.3, 0.4) is 0 Å². The van der Waals surface area contributed by atoms with Crippen molar-refractivity contribution >= 4 is 23.0 Å². The Balaban J connectivity index is 2.00. The third-order valence-electron chi connectivity index (χ3n) is 6.02. The van der Waals surface area contributed by atoms with Crippen molar-refractivity contribution in [3.63, 3.8) is 0 Å². The van der Waals surface area contributed by atoms with E-state index in [1.54, 1.807) is 19.1 Å². The van der Waals surface area contributed by atoms with E-state index in [0.717, 1.165) is 12.0 Å².